The minimum Gasteiger partial charge on any atom is -0.455 e. The van der Waals surface area contributed by atoms with Crippen LogP contribution < -0.4 is 10.1 Å². The summed E-state index contributed by atoms with van der Waals surface area (Å²) in [6, 6.07) is 11.0. The summed E-state index contributed by atoms with van der Waals surface area (Å²) in [4.78, 5) is 18.4. The summed E-state index contributed by atoms with van der Waals surface area (Å²) in [5.41, 5.74) is 0.511. The summed E-state index contributed by atoms with van der Waals surface area (Å²) in [6.07, 6.45) is 3.29. The van der Waals surface area contributed by atoms with Gasteiger partial charge in [-0.05, 0) is 45.3 Å². The molecule has 0 fully saturated rings. The number of ether oxygens (including phenoxy) is 1. The lowest BCUT2D eigenvalue weighted by molar-refractivity contribution is 0.0941. The average Bonchev–Trinajstić information content (AvgIpc) is 2.53. The smallest absolute Gasteiger partial charge is 0.255 e. The number of amides is 1. The molecular formula is C17H21N3O2. The second-order valence-electron chi connectivity index (χ2n) is 5.31. The molecule has 1 atom stereocenters. The van der Waals surface area contributed by atoms with Gasteiger partial charge in [-0.3, -0.25) is 9.78 Å². The minimum atomic E-state index is -0.145. The van der Waals surface area contributed by atoms with Gasteiger partial charge in [-0.1, -0.05) is 12.1 Å². The van der Waals surface area contributed by atoms with Crippen LogP contribution in [0.4, 0.5) is 0 Å². The number of nitrogens with zero attached hydrogens (tertiary/aromatic N) is 2. The Kier molecular flexibility index (Phi) is 5.49. The van der Waals surface area contributed by atoms with Crippen molar-refractivity contribution in [1.82, 2.24) is 15.2 Å². The first-order valence-electron chi connectivity index (χ1n) is 7.19. The second kappa shape index (κ2) is 7.56. The van der Waals surface area contributed by atoms with Crippen molar-refractivity contribution in [2.24, 2.45) is 0 Å². The van der Waals surface area contributed by atoms with E-state index < -0.39 is 0 Å². The first-order valence-corrected chi connectivity index (χ1v) is 7.19. The number of hydrogen-bond acceptors (Lipinski definition) is 4. The number of likely N-dealkylation sites (N-methyl/N-ethyl adjacent to an activating group) is 1. The van der Waals surface area contributed by atoms with Gasteiger partial charge in [-0.15, -0.1) is 0 Å². The molecule has 1 amide bonds. The van der Waals surface area contributed by atoms with Gasteiger partial charge in [0.25, 0.3) is 5.91 Å². The maximum Gasteiger partial charge on any atom is 0.255 e. The Balaban J connectivity index is 2.09. The molecule has 1 aromatic carbocycles. The summed E-state index contributed by atoms with van der Waals surface area (Å²) < 4.78 is 5.75. The van der Waals surface area contributed by atoms with Gasteiger partial charge in [0.15, 0.2) is 0 Å². The zero-order valence-electron chi connectivity index (χ0n) is 13.1. The van der Waals surface area contributed by atoms with Crippen LogP contribution in [0.25, 0.3) is 0 Å². The van der Waals surface area contributed by atoms with E-state index >= 15 is 0 Å². The Morgan fingerprint density at radius 1 is 1.27 bits per heavy atom. The van der Waals surface area contributed by atoms with Crippen LogP contribution in [0.1, 0.15) is 17.3 Å². The normalized spacial score (nSPS) is 12.0. The van der Waals surface area contributed by atoms with Crippen LogP contribution in [0.3, 0.4) is 0 Å². The molecule has 0 saturated heterocycles. The Bertz CT molecular complexity index is 614. The number of nitrogens with one attached hydrogen (secondary N) is 1. The molecule has 0 unspecified atom stereocenters. The van der Waals surface area contributed by atoms with Crippen LogP contribution in [-0.4, -0.2) is 42.5 Å². The van der Waals surface area contributed by atoms with E-state index in [1.54, 1.807) is 36.7 Å². The third kappa shape index (κ3) is 4.30. The summed E-state index contributed by atoms with van der Waals surface area (Å²) in [6.45, 7) is 2.63. The molecule has 0 saturated carbocycles. The van der Waals surface area contributed by atoms with E-state index in [-0.39, 0.29) is 11.9 Å². The van der Waals surface area contributed by atoms with Crippen molar-refractivity contribution < 1.29 is 9.53 Å². The number of hydrogen-bond donors (Lipinski definition) is 1. The second-order valence-corrected chi connectivity index (χ2v) is 5.31. The quantitative estimate of drug-likeness (QED) is 0.890. The van der Waals surface area contributed by atoms with Gasteiger partial charge in [-0.25, -0.2) is 0 Å². The van der Waals surface area contributed by atoms with Crippen LogP contribution in [0, 0.1) is 0 Å². The highest BCUT2D eigenvalue weighted by molar-refractivity contribution is 5.97. The fourth-order valence-corrected chi connectivity index (χ4v) is 1.80. The molecule has 1 aromatic heterocycles. The van der Waals surface area contributed by atoms with Crippen LogP contribution in [0.5, 0.6) is 11.5 Å². The molecule has 0 aliphatic rings. The van der Waals surface area contributed by atoms with Crippen molar-refractivity contribution in [3.8, 4) is 11.5 Å². The van der Waals surface area contributed by atoms with Gasteiger partial charge < -0.3 is 15.0 Å². The van der Waals surface area contributed by atoms with Crippen LogP contribution in [0.2, 0.25) is 0 Å². The first kappa shape index (κ1) is 16.0. The molecule has 2 rings (SSSR count). The molecule has 0 aliphatic heterocycles. The molecule has 0 bridgehead atoms. The van der Waals surface area contributed by atoms with Crippen LogP contribution in [0.15, 0.2) is 48.8 Å². The van der Waals surface area contributed by atoms with Crippen LogP contribution >= 0.6 is 0 Å². The summed E-state index contributed by atoms with van der Waals surface area (Å²) in [5.74, 6) is 0.975. The zero-order valence-corrected chi connectivity index (χ0v) is 13.1. The number of benzene rings is 1. The van der Waals surface area contributed by atoms with Crippen molar-refractivity contribution in [2.75, 3.05) is 20.6 Å². The van der Waals surface area contributed by atoms with E-state index in [1.807, 2.05) is 26.2 Å². The number of carbonyl (C=O) groups excluding carboxylic acids is 1. The molecule has 22 heavy (non-hydrogen) atoms. The maximum absolute atomic E-state index is 12.4. The number of pyridine rings is 1. The standard InChI is InChI=1S/C17H21N3O2/c1-13(20(2)3)11-19-17(21)15-8-4-5-9-16(15)22-14-7-6-10-18-12-14/h4-10,12-13H,11H2,1-3H3,(H,19,21)/t13-/m1/s1. The lowest BCUT2D eigenvalue weighted by Crippen LogP contribution is -2.38. The Hall–Kier alpha value is -2.40. The fraction of sp³-hybridized carbons (Fsp3) is 0.294. The number of rotatable bonds is 6. The molecule has 0 spiro atoms. The highest BCUT2D eigenvalue weighted by Crippen LogP contribution is 2.24. The summed E-state index contributed by atoms with van der Waals surface area (Å²) >= 11 is 0. The third-order valence-electron chi connectivity index (χ3n) is 3.43. The Morgan fingerprint density at radius 3 is 2.73 bits per heavy atom. The highest BCUT2D eigenvalue weighted by atomic mass is 16.5. The molecule has 2 aromatic rings. The lowest BCUT2D eigenvalue weighted by Gasteiger charge is -2.20. The average molecular weight is 299 g/mol. The molecule has 116 valence electrons. The molecule has 1 N–H and O–H groups in total. The summed E-state index contributed by atoms with van der Waals surface area (Å²) in [5, 5.41) is 2.93. The van der Waals surface area contributed by atoms with Gasteiger partial charge in [-0.2, -0.15) is 0 Å². The Morgan fingerprint density at radius 2 is 2.05 bits per heavy atom. The lowest BCUT2D eigenvalue weighted by atomic mass is 10.2. The monoisotopic (exact) mass is 299 g/mol. The number of aromatic nitrogens is 1. The number of carbonyl (C=O) groups is 1. The summed E-state index contributed by atoms with van der Waals surface area (Å²) in [7, 11) is 3.96. The van der Waals surface area contributed by atoms with E-state index in [0.717, 1.165) is 0 Å². The van der Waals surface area contributed by atoms with Gasteiger partial charge in [0, 0.05) is 18.8 Å². The predicted molar refractivity (Wildman–Crippen MR) is 86.2 cm³/mol. The van der Waals surface area contributed by atoms with E-state index in [1.165, 1.54) is 0 Å². The van der Waals surface area contributed by atoms with Gasteiger partial charge in [0.2, 0.25) is 0 Å². The highest BCUT2D eigenvalue weighted by Gasteiger charge is 2.14. The first-order chi connectivity index (χ1) is 10.6. The largest absolute Gasteiger partial charge is 0.455 e. The van der Waals surface area contributed by atoms with Crippen molar-refractivity contribution in [1.29, 1.82) is 0 Å². The van der Waals surface area contributed by atoms with E-state index in [4.69, 9.17) is 4.74 Å². The van der Waals surface area contributed by atoms with Gasteiger partial charge in [0.1, 0.15) is 11.5 Å². The van der Waals surface area contributed by atoms with E-state index in [0.29, 0.717) is 23.6 Å². The van der Waals surface area contributed by atoms with Gasteiger partial charge >= 0.3 is 0 Å². The fourth-order valence-electron chi connectivity index (χ4n) is 1.80. The molecule has 5 heteroatoms. The van der Waals surface area contributed by atoms with E-state index in [9.17, 15) is 4.79 Å². The van der Waals surface area contributed by atoms with Gasteiger partial charge in [0.05, 0.1) is 11.8 Å². The molecule has 5 nitrogen and oxygen atoms in total. The van der Waals surface area contributed by atoms with Crippen molar-refractivity contribution in [3.05, 3.63) is 54.4 Å². The minimum absolute atomic E-state index is 0.145. The Labute approximate surface area is 130 Å². The predicted octanol–water partition coefficient (Wildman–Crippen LogP) is 2.55. The molecule has 1 heterocycles. The van der Waals surface area contributed by atoms with Crippen LogP contribution in [-0.2, 0) is 0 Å². The molecule has 0 radical (unpaired) electrons. The topological polar surface area (TPSA) is 54.5 Å². The molecular weight excluding hydrogens is 278 g/mol. The van der Waals surface area contributed by atoms with Crippen molar-refractivity contribution in [3.63, 3.8) is 0 Å². The molecule has 0 aliphatic carbocycles. The van der Waals surface area contributed by atoms with Crippen molar-refractivity contribution >= 4 is 5.91 Å². The third-order valence-corrected chi connectivity index (χ3v) is 3.43. The SMILES string of the molecule is C[C@H](CNC(=O)c1ccccc1Oc1cccnc1)N(C)C. The zero-order chi connectivity index (χ0) is 15.9. The maximum atomic E-state index is 12.4. The van der Waals surface area contributed by atoms with E-state index in [2.05, 4.69) is 22.1 Å². The van der Waals surface area contributed by atoms with Crippen molar-refractivity contribution in [2.45, 2.75) is 13.0 Å². The number of para-hydroxylation sites is 1.